The van der Waals surface area contributed by atoms with Gasteiger partial charge in [0.1, 0.15) is 5.39 Å². The molecule has 4 heterocycles. The number of rotatable bonds is 5. The van der Waals surface area contributed by atoms with Crippen molar-refractivity contribution >= 4 is 34.0 Å². The van der Waals surface area contributed by atoms with Gasteiger partial charge in [-0.25, -0.2) is 9.78 Å². The summed E-state index contributed by atoms with van der Waals surface area (Å²) in [6.45, 7) is 8.24. The Morgan fingerprint density at radius 1 is 1.06 bits per heavy atom. The molecule has 1 aromatic carbocycles. The van der Waals surface area contributed by atoms with Crippen molar-refractivity contribution in [2.24, 2.45) is 17.8 Å². The van der Waals surface area contributed by atoms with Crippen LogP contribution in [0.1, 0.15) is 39.5 Å². The van der Waals surface area contributed by atoms with Crippen molar-refractivity contribution in [3.63, 3.8) is 0 Å². The highest BCUT2D eigenvalue weighted by atomic mass is 16.4. The van der Waals surface area contributed by atoms with E-state index >= 15 is 0 Å². The Bertz CT molecular complexity index is 1260. The molecule has 2 fully saturated rings. The van der Waals surface area contributed by atoms with E-state index in [1.807, 2.05) is 12.1 Å². The molecule has 0 amide bonds. The van der Waals surface area contributed by atoms with E-state index in [-0.39, 0.29) is 0 Å². The SMILES string of the molecule is CC1CC(C)CN(c2nc(Nc3ccc(N4CCC(CC#N)CC4)cc3)c3c(=O)occc3n2)C1. The van der Waals surface area contributed by atoms with Crippen LogP contribution in [0, 0.1) is 29.1 Å². The molecule has 0 radical (unpaired) electrons. The monoisotopic (exact) mass is 472 g/mol. The number of aromatic nitrogens is 2. The molecule has 182 valence electrons. The van der Waals surface area contributed by atoms with E-state index in [0.29, 0.717) is 46.8 Å². The average Bonchev–Trinajstić information content (AvgIpc) is 2.84. The largest absolute Gasteiger partial charge is 0.431 e. The number of benzene rings is 1. The molecule has 8 heteroatoms. The van der Waals surface area contributed by atoms with Crippen LogP contribution in [-0.2, 0) is 0 Å². The smallest absolute Gasteiger partial charge is 0.348 e. The minimum absolute atomic E-state index is 0.359. The van der Waals surface area contributed by atoms with Crippen LogP contribution in [0.4, 0.5) is 23.1 Å². The summed E-state index contributed by atoms with van der Waals surface area (Å²) in [7, 11) is 0. The zero-order chi connectivity index (χ0) is 24.4. The Labute approximate surface area is 205 Å². The molecule has 8 nitrogen and oxygen atoms in total. The maximum absolute atomic E-state index is 12.6. The zero-order valence-electron chi connectivity index (χ0n) is 20.4. The molecule has 2 aliphatic rings. The van der Waals surface area contributed by atoms with Gasteiger partial charge in [-0.05, 0) is 61.3 Å². The van der Waals surface area contributed by atoms with Crippen molar-refractivity contribution in [2.45, 2.75) is 39.5 Å². The lowest BCUT2D eigenvalue weighted by atomic mass is 9.92. The van der Waals surface area contributed by atoms with Gasteiger partial charge in [-0.15, -0.1) is 0 Å². The van der Waals surface area contributed by atoms with Crippen LogP contribution in [0.5, 0.6) is 0 Å². The first-order valence-corrected chi connectivity index (χ1v) is 12.5. The maximum Gasteiger partial charge on any atom is 0.348 e. The van der Waals surface area contributed by atoms with Crippen LogP contribution >= 0.6 is 0 Å². The second-order valence-corrected chi connectivity index (χ2v) is 10.2. The van der Waals surface area contributed by atoms with E-state index in [1.54, 1.807) is 6.07 Å². The highest BCUT2D eigenvalue weighted by Crippen LogP contribution is 2.30. The molecule has 2 aliphatic heterocycles. The molecule has 0 bridgehead atoms. The van der Waals surface area contributed by atoms with E-state index in [1.165, 1.54) is 12.7 Å². The summed E-state index contributed by atoms with van der Waals surface area (Å²) in [4.78, 5) is 26.7. The number of hydrogen-bond acceptors (Lipinski definition) is 8. The van der Waals surface area contributed by atoms with E-state index in [0.717, 1.165) is 50.4 Å². The van der Waals surface area contributed by atoms with Crippen molar-refractivity contribution in [2.75, 3.05) is 41.3 Å². The first kappa shape index (κ1) is 23.2. The molecule has 0 saturated carbocycles. The molecule has 1 N–H and O–H groups in total. The Morgan fingerprint density at radius 2 is 1.77 bits per heavy atom. The molecule has 2 unspecified atom stereocenters. The van der Waals surface area contributed by atoms with Crippen LogP contribution in [0.25, 0.3) is 10.9 Å². The fourth-order valence-corrected chi connectivity index (χ4v) is 5.48. The maximum atomic E-state index is 12.6. The number of fused-ring (bicyclic) bond motifs is 1. The molecule has 3 aromatic rings. The summed E-state index contributed by atoms with van der Waals surface area (Å²) in [6.07, 6.45) is 5.33. The molecular formula is C27H32N6O2. The lowest BCUT2D eigenvalue weighted by Gasteiger charge is -2.35. The number of nitrogens with one attached hydrogen (secondary N) is 1. The molecule has 2 atom stereocenters. The minimum atomic E-state index is -0.450. The van der Waals surface area contributed by atoms with Crippen LogP contribution in [0.3, 0.4) is 0 Å². The number of nitriles is 1. The zero-order valence-corrected chi connectivity index (χ0v) is 20.4. The molecule has 2 aromatic heterocycles. The quantitative estimate of drug-likeness (QED) is 0.558. The predicted molar refractivity (Wildman–Crippen MR) is 138 cm³/mol. The summed E-state index contributed by atoms with van der Waals surface area (Å²) in [6, 6.07) is 12.2. The second kappa shape index (κ2) is 9.95. The molecule has 0 spiro atoms. The topological polar surface area (TPSA) is 98.3 Å². The first-order chi connectivity index (χ1) is 17.0. The summed E-state index contributed by atoms with van der Waals surface area (Å²) in [5, 5.41) is 12.7. The lowest BCUT2D eigenvalue weighted by Crippen LogP contribution is -2.39. The third-order valence-electron chi connectivity index (χ3n) is 7.17. The summed E-state index contributed by atoms with van der Waals surface area (Å²) in [5.41, 5.74) is 2.14. The van der Waals surface area contributed by atoms with Crippen LogP contribution in [0.15, 0.2) is 45.8 Å². The van der Waals surface area contributed by atoms with Gasteiger partial charge in [-0.1, -0.05) is 13.8 Å². The Morgan fingerprint density at radius 3 is 2.46 bits per heavy atom. The average molecular weight is 473 g/mol. The van der Waals surface area contributed by atoms with E-state index in [9.17, 15) is 4.79 Å². The Hall–Kier alpha value is -3.60. The molecular weight excluding hydrogens is 440 g/mol. The number of anilines is 4. The van der Waals surface area contributed by atoms with Crippen LogP contribution in [0.2, 0.25) is 0 Å². The van der Waals surface area contributed by atoms with Gasteiger partial charge in [0.2, 0.25) is 5.95 Å². The van der Waals surface area contributed by atoms with Gasteiger partial charge >= 0.3 is 5.63 Å². The van der Waals surface area contributed by atoms with Gasteiger partial charge in [0.15, 0.2) is 5.82 Å². The summed E-state index contributed by atoms with van der Waals surface area (Å²) >= 11 is 0. The second-order valence-electron chi connectivity index (χ2n) is 10.2. The van der Waals surface area contributed by atoms with Crippen molar-refractivity contribution in [3.8, 4) is 6.07 Å². The molecule has 0 aliphatic carbocycles. The highest BCUT2D eigenvalue weighted by Gasteiger charge is 2.25. The number of hydrogen-bond donors (Lipinski definition) is 1. The summed E-state index contributed by atoms with van der Waals surface area (Å²) in [5.74, 6) is 2.74. The van der Waals surface area contributed by atoms with Crippen molar-refractivity contribution in [1.29, 1.82) is 5.26 Å². The predicted octanol–water partition coefficient (Wildman–Crippen LogP) is 4.94. The highest BCUT2D eigenvalue weighted by molar-refractivity contribution is 5.90. The van der Waals surface area contributed by atoms with Gasteiger partial charge < -0.3 is 19.5 Å². The standard InChI is InChI=1S/C27H32N6O2/c1-18-15-19(2)17-33(16-18)27-30-23-10-14-35-26(34)24(23)25(31-27)29-21-3-5-22(6-4-21)32-12-8-20(7-11-28)9-13-32/h3-6,10,14,18-20H,7-9,12-13,15-17H2,1-2H3,(H,29,30,31). The third kappa shape index (κ3) is 5.09. The van der Waals surface area contributed by atoms with Crippen molar-refractivity contribution < 1.29 is 4.42 Å². The van der Waals surface area contributed by atoms with Crippen LogP contribution < -0.4 is 20.7 Å². The van der Waals surface area contributed by atoms with Crippen molar-refractivity contribution in [1.82, 2.24) is 9.97 Å². The number of piperidine rings is 2. The van der Waals surface area contributed by atoms with Gasteiger partial charge in [0.25, 0.3) is 0 Å². The van der Waals surface area contributed by atoms with E-state index < -0.39 is 5.63 Å². The van der Waals surface area contributed by atoms with Gasteiger partial charge in [-0.3, -0.25) is 0 Å². The molecule has 35 heavy (non-hydrogen) atoms. The molecule has 5 rings (SSSR count). The van der Waals surface area contributed by atoms with Crippen LogP contribution in [-0.4, -0.2) is 36.1 Å². The fourth-order valence-electron chi connectivity index (χ4n) is 5.48. The third-order valence-corrected chi connectivity index (χ3v) is 7.17. The Balaban J connectivity index is 1.39. The van der Waals surface area contributed by atoms with Crippen molar-refractivity contribution in [3.05, 3.63) is 47.0 Å². The first-order valence-electron chi connectivity index (χ1n) is 12.5. The van der Waals surface area contributed by atoms with E-state index in [2.05, 4.69) is 47.2 Å². The van der Waals surface area contributed by atoms with Gasteiger partial charge in [-0.2, -0.15) is 10.2 Å². The fraction of sp³-hybridized carbons (Fsp3) is 0.481. The van der Waals surface area contributed by atoms with Gasteiger partial charge in [0, 0.05) is 50.0 Å². The summed E-state index contributed by atoms with van der Waals surface area (Å²) < 4.78 is 5.15. The number of nitrogens with zero attached hydrogens (tertiary/aromatic N) is 5. The normalized spacial score (nSPS) is 21.2. The lowest BCUT2D eigenvalue weighted by molar-refractivity contribution is 0.354. The molecule has 2 saturated heterocycles. The minimum Gasteiger partial charge on any atom is -0.431 e. The Kier molecular flexibility index (Phi) is 6.58. The van der Waals surface area contributed by atoms with Gasteiger partial charge in [0.05, 0.1) is 17.8 Å². The van der Waals surface area contributed by atoms with E-state index in [4.69, 9.17) is 19.6 Å².